The molecule has 2 aromatic carbocycles. The van der Waals surface area contributed by atoms with Crippen LogP contribution in [0.4, 0.5) is 0 Å². The van der Waals surface area contributed by atoms with Crippen molar-refractivity contribution in [3.63, 3.8) is 0 Å². The third-order valence-electron chi connectivity index (χ3n) is 4.88. The molecule has 4 rings (SSSR count). The number of carboxylic acids is 1. The second-order valence-corrected chi connectivity index (χ2v) is 8.49. The second-order valence-electron chi connectivity index (χ2n) is 6.55. The Balaban J connectivity index is 1.88. The molecule has 7 heteroatoms. The number of carboxylic acid groups (broad SMARTS) is 1. The first kappa shape index (κ1) is 17.1. The maximum atomic E-state index is 12.9. The molecule has 2 heterocycles. The Morgan fingerprint density at radius 2 is 1.88 bits per heavy atom. The molecule has 0 atom stereocenters. The number of rotatable bonds is 4. The average Bonchev–Trinajstić information content (AvgIpc) is 3.32. The number of fused-ring (bicyclic) bond motifs is 1. The van der Waals surface area contributed by atoms with Crippen molar-refractivity contribution < 1.29 is 23.1 Å². The highest BCUT2D eigenvalue weighted by Gasteiger charge is 2.29. The number of carbonyl (C=O) groups is 1. The lowest BCUT2D eigenvalue weighted by molar-refractivity contribution is 0.0696. The van der Waals surface area contributed by atoms with Crippen LogP contribution < -0.4 is 4.74 Å². The van der Waals surface area contributed by atoms with Gasteiger partial charge in [0, 0.05) is 25.1 Å². The number of aromatic carboxylic acids is 1. The van der Waals surface area contributed by atoms with Gasteiger partial charge in [-0.15, -0.1) is 0 Å². The van der Waals surface area contributed by atoms with Gasteiger partial charge in [0.2, 0.25) is 10.0 Å². The van der Waals surface area contributed by atoms with Crippen LogP contribution in [0.3, 0.4) is 0 Å². The van der Waals surface area contributed by atoms with Crippen LogP contribution in [0.25, 0.3) is 11.1 Å². The summed E-state index contributed by atoms with van der Waals surface area (Å²) in [5.74, 6) is -0.447. The number of sulfonamides is 1. The lowest BCUT2D eigenvalue weighted by Crippen LogP contribution is -2.28. The molecule has 2 aliphatic rings. The summed E-state index contributed by atoms with van der Waals surface area (Å²) in [6.07, 6.45) is 2.44. The topological polar surface area (TPSA) is 83.9 Å². The molecule has 0 bridgehead atoms. The molecule has 1 fully saturated rings. The van der Waals surface area contributed by atoms with Crippen molar-refractivity contribution in [3.8, 4) is 16.9 Å². The lowest BCUT2D eigenvalue weighted by Gasteiger charge is -2.17. The smallest absolute Gasteiger partial charge is 0.335 e. The van der Waals surface area contributed by atoms with Gasteiger partial charge in [0.25, 0.3) is 0 Å². The van der Waals surface area contributed by atoms with Crippen LogP contribution in [-0.4, -0.2) is 43.5 Å². The predicted molar refractivity (Wildman–Crippen MR) is 96.0 cm³/mol. The molecule has 2 aromatic rings. The Morgan fingerprint density at radius 1 is 1.12 bits per heavy atom. The normalized spacial score (nSPS) is 17.1. The van der Waals surface area contributed by atoms with Crippen LogP contribution in [0.1, 0.15) is 28.8 Å². The minimum Gasteiger partial charge on any atom is -0.492 e. The van der Waals surface area contributed by atoms with E-state index in [1.165, 1.54) is 16.4 Å². The van der Waals surface area contributed by atoms with E-state index in [1.807, 2.05) is 18.2 Å². The van der Waals surface area contributed by atoms with E-state index in [0.29, 0.717) is 31.0 Å². The molecule has 1 saturated heterocycles. The molecule has 6 nitrogen and oxygen atoms in total. The zero-order chi connectivity index (χ0) is 18.3. The van der Waals surface area contributed by atoms with Crippen molar-refractivity contribution in [1.82, 2.24) is 4.31 Å². The van der Waals surface area contributed by atoms with Crippen LogP contribution in [-0.2, 0) is 16.4 Å². The maximum absolute atomic E-state index is 12.9. The molecule has 136 valence electrons. The highest BCUT2D eigenvalue weighted by molar-refractivity contribution is 7.89. The standard InChI is InChI=1S/C19H19NO5S/c21-19(22)15-10-14(17-5-3-4-13-6-9-25-18(13)17)11-16(12-15)26(23,24)20-7-1-2-8-20/h3-5,10-12H,1-2,6-9H2,(H,21,22). The molecule has 26 heavy (non-hydrogen) atoms. The quantitative estimate of drug-likeness (QED) is 0.891. The third kappa shape index (κ3) is 2.87. The molecule has 0 spiro atoms. The van der Waals surface area contributed by atoms with Gasteiger partial charge in [-0.2, -0.15) is 4.31 Å². The molecule has 0 aromatic heterocycles. The molecule has 0 radical (unpaired) electrons. The molecule has 0 aliphatic carbocycles. The second kappa shape index (κ2) is 6.41. The van der Waals surface area contributed by atoms with Gasteiger partial charge < -0.3 is 9.84 Å². The SMILES string of the molecule is O=C(O)c1cc(-c2cccc3c2OCC3)cc(S(=O)(=O)N2CCCC2)c1. The summed E-state index contributed by atoms with van der Waals surface area (Å²) in [5, 5.41) is 9.47. The summed E-state index contributed by atoms with van der Waals surface area (Å²) >= 11 is 0. The minimum absolute atomic E-state index is 0.0184. The summed E-state index contributed by atoms with van der Waals surface area (Å²) < 4.78 is 33.0. The fourth-order valence-corrected chi connectivity index (χ4v) is 5.14. The third-order valence-corrected chi connectivity index (χ3v) is 6.76. The van der Waals surface area contributed by atoms with Gasteiger partial charge in [-0.25, -0.2) is 13.2 Å². The van der Waals surface area contributed by atoms with E-state index in [-0.39, 0.29) is 10.5 Å². The highest BCUT2D eigenvalue weighted by atomic mass is 32.2. The molecule has 0 amide bonds. The first-order valence-electron chi connectivity index (χ1n) is 8.60. The number of benzene rings is 2. The van der Waals surface area contributed by atoms with Crippen molar-refractivity contribution in [1.29, 1.82) is 0 Å². The summed E-state index contributed by atoms with van der Waals surface area (Å²) in [4.78, 5) is 11.6. The van der Waals surface area contributed by atoms with Crippen LogP contribution in [0.2, 0.25) is 0 Å². The highest BCUT2D eigenvalue weighted by Crippen LogP contribution is 2.38. The molecule has 0 saturated carbocycles. The summed E-state index contributed by atoms with van der Waals surface area (Å²) in [5.41, 5.74) is 2.27. The van der Waals surface area contributed by atoms with Crippen molar-refractivity contribution in [2.24, 2.45) is 0 Å². The van der Waals surface area contributed by atoms with Gasteiger partial charge in [0.05, 0.1) is 17.1 Å². The molecular formula is C19H19NO5S. The van der Waals surface area contributed by atoms with Crippen molar-refractivity contribution >= 4 is 16.0 Å². The molecule has 0 unspecified atom stereocenters. The van der Waals surface area contributed by atoms with E-state index in [2.05, 4.69) is 0 Å². The predicted octanol–water partition coefficient (Wildman–Crippen LogP) is 2.77. The number of para-hydroxylation sites is 1. The Morgan fingerprint density at radius 3 is 2.62 bits per heavy atom. The summed E-state index contributed by atoms with van der Waals surface area (Å²) in [6.45, 7) is 1.52. The van der Waals surface area contributed by atoms with Gasteiger partial charge in [0.1, 0.15) is 5.75 Å². The van der Waals surface area contributed by atoms with Crippen molar-refractivity contribution in [3.05, 3.63) is 47.5 Å². The first-order chi connectivity index (χ1) is 12.5. The van der Waals surface area contributed by atoms with E-state index in [1.54, 1.807) is 6.07 Å². The lowest BCUT2D eigenvalue weighted by atomic mass is 9.99. The summed E-state index contributed by atoms with van der Waals surface area (Å²) in [7, 11) is -3.71. The van der Waals surface area contributed by atoms with Crippen LogP contribution in [0.5, 0.6) is 5.75 Å². The maximum Gasteiger partial charge on any atom is 0.335 e. The van der Waals surface area contributed by atoms with Gasteiger partial charge in [-0.05, 0) is 42.2 Å². The molecular weight excluding hydrogens is 354 g/mol. The van der Waals surface area contributed by atoms with E-state index in [4.69, 9.17) is 4.74 Å². The van der Waals surface area contributed by atoms with Crippen LogP contribution in [0, 0.1) is 0 Å². The van der Waals surface area contributed by atoms with E-state index < -0.39 is 16.0 Å². The number of hydrogen-bond acceptors (Lipinski definition) is 4. The Bertz CT molecular complexity index is 977. The van der Waals surface area contributed by atoms with E-state index in [9.17, 15) is 18.3 Å². The average molecular weight is 373 g/mol. The Hall–Kier alpha value is -2.38. The van der Waals surface area contributed by atoms with Gasteiger partial charge in [-0.3, -0.25) is 0 Å². The first-order valence-corrected chi connectivity index (χ1v) is 10.0. The monoisotopic (exact) mass is 373 g/mol. The minimum atomic E-state index is -3.71. The molecule has 1 N–H and O–H groups in total. The van der Waals surface area contributed by atoms with Gasteiger partial charge in [0.15, 0.2) is 0 Å². The molecule has 2 aliphatic heterocycles. The van der Waals surface area contributed by atoms with Crippen molar-refractivity contribution in [2.45, 2.75) is 24.2 Å². The zero-order valence-electron chi connectivity index (χ0n) is 14.1. The van der Waals surface area contributed by atoms with Crippen molar-refractivity contribution in [2.75, 3.05) is 19.7 Å². The largest absolute Gasteiger partial charge is 0.492 e. The van der Waals surface area contributed by atoms with E-state index >= 15 is 0 Å². The van der Waals surface area contributed by atoms with Gasteiger partial charge in [-0.1, -0.05) is 18.2 Å². The Kier molecular flexibility index (Phi) is 4.20. The number of nitrogens with zero attached hydrogens (tertiary/aromatic N) is 1. The van der Waals surface area contributed by atoms with Crippen LogP contribution in [0.15, 0.2) is 41.3 Å². The Labute approximate surface area is 152 Å². The fourth-order valence-electron chi connectivity index (χ4n) is 3.55. The zero-order valence-corrected chi connectivity index (χ0v) is 15.0. The fraction of sp³-hybridized carbons (Fsp3) is 0.316. The van der Waals surface area contributed by atoms with Crippen LogP contribution >= 0.6 is 0 Å². The summed E-state index contributed by atoms with van der Waals surface area (Å²) in [6, 6.07) is 9.97. The van der Waals surface area contributed by atoms with Gasteiger partial charge >= 0.3 is 5.97 Å². The number of hydrogen-bond donors (Lipinski definition) is 1. The van der Waals surface area contributed by atoms with E-state index in [0.717, 1.165) is 30.4 Å². The number of ether oxygens (including phenoxy) is 1.